The van der Waals surface area contributed by atoms with Crippen molar-refractivity contribution < 1.29 is 5.11 Å². The van der Waals surface area contributed by atoms with Crippen LogP contribution >= 0.6 is 0 Å². The van der Waals surface area contributed by atoms with Crippen LogP contribution in [0.5, 0.6) is 0 Å². The zero-order valence-electron chi connectivity index (χ0n) is 11.1. The van der Waals surface area contributed by atoms with Crippen LogP contribution in [0.25, 0.3) is 0 Å². The monoisotopic (exact) mass is 258 g/mol. The first kappa shape index (κ1) is 15.0. The van der Waals surface area contributed by atoms with Gasteiger partial charge in [-0.25, -0.2) is 0 Å². The highest BCUT2D eigenvalue weighted by atomic mass is 16.3. The molecule has 0 fully saturated rings. The Labute approximate surface area is 113 Å². The van der Waals surface area contributed by atoms with Crippen LogP contribution in [-0.4, -0.2) is 17.7 Å². The van der Waals surface area contributed by atoms with Gasteiger partial charge in [0, 0.05) is 12.6 Å². The van der Waals surface area contributed by atoms with Gasteiger partial charge >= 0.3 is 0 Å². The number of aliphatic hydroxyl groups excluding tert-OH is 1. The maximum absolute atomic E-state index is 10.1. The average molecular weight is 258 g/mol. The number of nitrogens with two attached hydrogens (primary N) is 1. The van der Waals surface area contributed by atoms with E-state index in [9.17, 15) is 5.11 Å². The second kappa shape index (κ2) is 6.75. The number of hydrogen-bond acceptors (Lipinski definition) is 5. The van der Waals surface area contributed by atoms with E-state index in [0.29, 0.717) is 18.2 Å². The molecule has 0 aliphatic heterocycles. The number of anilines is 1. The molecule has 5 heteroatoms. The molecule has 1 rings (SSSR count). The Morgan fingerprint density at radius 2 is 1.84 bits per heavy atom. The standard InChI is InChI=1S/C14H18N4O/c1-3-9(2)18-8-13(19)10-4-11(6-15)14(17)12(5-10)7-16/h4-5,9,13,18-19H,3,8,17H2,1-2H3. The topological polar surface area (TPSA) is 106 Å². The third-order valence-corrected chi connectivity index (χ3v) is 3.10. The first-order valence-corrected chi connectivity index (χ1v) is 6.18. The van der Waals surface area contributed by atoms with Gasteiger partial charge in [0.05, 0.1) is 22.9 Å². The van der Waals surface area contributed by atoms with Gasteiger partial charge in [-0.2, -0.15) is 10.5 Å². The highest BCUT2D eigenvalue weighted by Gasteiger charge is 2.14. The van der Waals surface area contributed by atoms with Crippen LogP contribution in [0.3, 0.4) is 0 Å². The smallest absolute Gasteiger partial charge is 0.101 e. The fraction of sp³-hybridized carbons (Fsp3) is 0.429. The molecule has 0 radical (unpaired) electrons. The van der Waals surface area contributed by atoms with Gasteiger partial charge in [0.1, 0.15) is 12.1 Å². The molecule has 1 aromatic rings. The lowest BCUT2D eigenvalue weighted by molar-refractivity contribution is 0.170. The third-order valence-electron chi connectivity index (χ3n) is 3.10. The SMILES string of the molecule is CCC(C)NCC(O)c1cc(C#N)c(N)c(C#N)c1. The van der Waals surface area contributed by atoms with E-state index in [1.165, 1.54) is 12.1 Å². The summed E-state index contributed by atoms with van der Waals surface area (Å²) in [4.78, 5) is 0. The highest BCUT2D eigenvalue weighted by Crippen LogP contribution is 2.23. The summed E-state index contributed by atoms with van der Waals surface area (Å²) in [6.45, 7) is 4.45. The predicted octanol–water partition coefficient (Wildman–Crippen LogP) is 1.43. The van der Waals surface area contributed by atoms with E-state index < -0.39 is 6.10 Å². The maximum Gasteiger partial charge on any atom is 0.101 e. The van der Waals surface area contributed by atoms with Crippen LogP contribution in [0.1, 0.15) is 43.1 Å². The first-order chi connectivity index (χ1) is 9.03. The zero-order valence-corrected chi connectivity index (χ0v) is 11.1. The zero-order chi connectivity index (χ0) is 14.4. The van der Waals surface area contributed by atoms with Crippen molar-refractivity contribution in [2.45, 2.75) is 32.4 Å². The molecular formula is C14H18N4O. The molecule has 1 aromatic carbocycles. The van der Waals surface area contributed by atoms with Gasteiger partial charge in [0.15, 0.2) is 0 Å². The van der Waals surface area contributed by atoms with Gasteiger partial charge in [-0.15, -0.1) is 0 Å². The number of aliphatic hydroxyl groups is 1. The fourth-order valence-electron chi connectivity index (χ4n) is 1.63. The average Bonchev–Trinajstić information content (AvgIpc) is 2.44. The van der Waals surface area contributed by atoms with Gasteiger partial charge in [-0.1, -0.05) is 6.92 Å². The van der Waals surface area contributed by atoms with Crippen molar-refractivity contribution in [1.82, 2.24) is 5.32 Å². The molecule has 0 saturated heterocycles. The summed E-state index contributed by atoms with van der Waals surface area (Å²) >= 11 is 0. The number of nitrogens with one attached hydrogen (secondary N) is 1. The van der Waals surface area contributed by atoms with Gasteiger partial charge in [0.25, 0.3) is 0 Å². The van der Waals surface area contributed by atoms with Crippen LogP contribution in [0.2, 0.25) is 0 Å². The Morgan fingerprint density at radius 3 is 2.26 bits per heavy atom. The van der Waals surface area contributed by atoms with Crippen molar-refractivity contribution >= 4 is 5.69 Å². The minimum Gasteiger partial charge on any atom is -0.397 e. The maximum atomic E-state index is 10.1. The second-order valence-corrected chi connectivity index (χ2v) is 4.49. The summed E-state index contributed by atoms with van der Waals surface area (Å²) in [6, 6.07) is 7.22. The molecule has 0 heterocycles. The van der Waals surface area contributed by atoms with Crippen molar-refractivity contribution in [3.05, 3.63) is 28.8 Å². The summed E-state index contributed by atoms with van der Waals surface area (Å²) in [5, 5.41) is 31.2. The second-order valence-electron chi connectivity index (χ2n) is 4.49. The largest absolute Gasteiger partial charge is 0.397 e. The van der Waals surface area contributed by atoms with Crippen LogP contribution < -0.4 is 11.1 Å². The molecule has 0 amide bonds. The summed E-state index contributed by atoms with van der Waals surface area (Å²) < 4.78 is 0. The normalized spacial score (nSPS) is 13.3. The Kier molecular flexibility index (Phi) is 5.32. The van der Waals surface area contributed by atoms with Crippen LogP contribution in [0, 0.1) is 22.7 Å². The molecule has 0 bridgehead atoms. The van der Waals surface area contributed by atoms with E-state index in [0.717, 1.165) is 6.42 Å². The van der Waals surface area contributed by atoms with E-state index in [2.05, 4.69) is 12.2 Å². The summed E-state index contributed by atoms with van der Waals surface area (Å²) in [7, 11) is 0. The van der Waals surface area contributed by atoms with E-state index in [1.54, 1.807) is 0 Å². The molecule has 0 spiro atoms. The number of nitriles is 2. The molecule has 2 atom stereocenters. The van der Waals surface area contributed by atoms with Crippen LogP contribution in [0.4, 0.5) is 5.69 Å². The van der Waals surface area contributed by atoms with Crippen LogP contribution in [-0.2, 0) is 0 Å². The quantitative estimate of drug-likeness (QED) is 0.693. The highest BCUT2D eigenvalue weighted by molar-refractivity contribution is 5.65. The van der Waals surface area contributed by atoms with Gasteiger partial charge in [-0.3, -0.25) is 0 Å². The number of rotatable bonds is 5. The Hall–Kier alpha value is -2.08. The van der Waals surface area contributed by atoms with Gasteiger partial charge in [0.2, 0.25) is 0 Å². The molecule has 100 valence electrons. The number of nitrogen functional groups attached to an aromatic ring is 1. The molecule has 5 nitrogen and oxygen atoms in total. The number of nitrogens with zero attached hydrogens (tertiary/aromatic N) is 2. The van der Waals surface area contributed by atoms with E-state index >= 15 is 0 Å². The van der Waals surface area contributed by atoms with Crippen molar-refractivity contribution in [2.24, 2.45) is 0 Å². The lowest BCUT2D eigenvalue weighted by Gasteiger charge is -2.17. The Morgan fingerprint density at radius 1 is 1.32 bits per heavy atom. The van der Waals surface area contributed by atoms with Crippen LogP contribution in [0.15, 0.2) is 12.1 Å². The van der Waals surface area contributed by atoms with E-state index in [-0.39, 0.29) is 16.8 Å². The molecule has 0 aromatic heterocycles. The summed E-state index contributed by atoms with van der Waals surface area (Å²) in [6.07, 6.45) is 0.190. The Bertz CT molecular complexity index is 492. The summed E-state index contributed by atoms with van der Waals surface area (Å²) in [5.41, 5.74) is 6.80. The Balaban J connectivity index is 2.95. The molecule has 0 aliphatic carbocycles. The molecule has 2 unspecified atom stereocenters. The fourth-order valence-corrected chi connectivity index (χ4v) is 1.63. The summed E-state index contributed by atoms with van der Waals surface area (Å²) in [5.74, 6) is 0. The lowest BCUT2D eigenvalue weighted by atomic mass is 10.0. The number of hydrogen-bond donors (Lipinski definition) is 3. The predicted molar refractivity (Wildman–Crippen MR) is 73.0 cm³/mol. The molecule has 4 N–H and O–H groups in total. The minimum absolute atomic E-state index is 0.163. The molecule has 19 heavy (non-hydrogen) atoms. The van der Waals surface area contributed by atoms with E-state index in [4.69, 9.17) is 16.3 Å². The van der Waals surface area contributed by atoms with Crippen molar-refractivity contribution in [3.63, 3.8) is 0 Å². The van der Waals surface area contributed by atoms with Gasteiger partial charge in [-0.05, 0) is 31.0 Å². The van der Waals surface area contributed by atoms with Crippen molar-refractivity contribution in [3.8, 4) is 12.1 Å². The molecule has 0 aliphatic rings. The minimum atomic E-state index is -0.770. The molecule has 0 saturated carbocycles. The number of benzene rings is 1. The van der Waals surface area contributed by atoms with Crippen molar-refractivity contribution in [2.75, 3.05) is 12.3 Å². The first-order valence-electron chi connectivity index (χ1n) is 6.18. The third kappa shape index (κ3) is 3.69. The van der Waals surface area contributed by atoms with Crippen molar-refractivity contribution in [1.29, 1.82) is 10.5 Å². The van der Waals surface area contributed by atoms with Gasteiger partial charge < -0.3 is 16.2 Å². The van der Waals surface area contributed by atoms with E-state index in [1.807, 2.05) is 19.1 Å². The molecular weight excluding hydrogens is 240 g/mol. The lowest BCUT2D eigenvalue weighted by Crippen LogP contribution is -2.29.